The summed E-state index contributed by atoms with van der Waals surface area (Å²) < 4.78 is 5.90. The lowest BCUT2D eigenvalue weighted by Gasteiger charge is -1.93. The van der Waals surface area contributed by atoms with Crippen molar-refractivity contribution in [3.05, 3.63) is 28.7 Å². The highest BCUT2D eigenvalue weighted by atomic mass is 79.9. The van der Waals surface area contributed by atoms with Crippen molar-refractivity contribution in [2.24, 2.45) is 0 Å². The number of aliphatic carboxylic acids is 1. The molecule has 0 fully saturated rings. The normalized spacial score (nSPS) is 10.5. The van der Waals surface area contributed by atoms with Crippen LogP contribution in [0.4, 0.5) is 0 Å². The van der Waals surface area contributed by atoms with Gasteiger partial charge in [0.2, 0.25) is 11.7 Å². The number of carboxylic acids is 1. The van der Waals surface area contributed by atoms with Crippen LogP contribution in [0.3, 0.4) is 0 Å². The Kier molecular flexibility index (Phi) is 4.03. The van der Waals surface area contributed by atoms with Gasteiger partial charge in [-0.1, -0.05) is 5.16 Å². The van der Waals surface area contributed by atoms with Gasteiger partial charge in [0.25, 0.3) is 0 Å². The van der Waals surface area contributed by atoms with Crippen molar-refractivity contribution in [3.63, 3.8) is 0 Å². The van der Waals surface area contributed by atoms with Crippen molar-refractivity contribution >= 4 is 21.9 Å². The summed E-state index contributed by atoms with van der Waals surface area (Å²) in [5.74, 6) is 0.00751. The molecular weight excluding hydrogens is 302 g/mol. The van der Waals surface area contributed by atoms with Gasteiger partial charge >= 0.3 is 5.97 Å². The molecule has 94 valence electrons. The van der Waals surface area contributed by atoms with Gasteiger partial charge in [-0.25, -0.2) is 0 Å². The molecule has 2 rings (SSSR count). The summed E-state index contributed by atoms with van der Waals surface area (Å²) in [6.45, 7) is 0. The molecule has 0 aliphatic carbocycles. The minimum atomic E-state index is -0.829. The van der Waals surface area contributed by atoms with Crippen LogP contribution in [0.2, 0.25) is 0 Å². The first kappa shape index (κ1) is 12.7. The first-order chi connectivity index (χ1) is 8.65. The highest BCUT2D eigenvalue weighted by molar-refractivity contribution is 9.10. The Balaban J connectivity index is 2.01. The van der Waals surface area contributed by atoms with Gasteiger partial charge in [-0.15, -0.1) is 0 Å². The largest absolute Gasteiger partial charge is 0.481 e. The van der Waals surface area contributed by atoms with Gasteiger partial charge in [0.05, 0.1) is 0 Å². The topological polar surface area (TPSA) is 89.1 Å². The van der Waals surface area contributed by atoms with Crippen molar-refractivity contribution in [2.75, 3.05) is 0 Å². The molecule has 18 heavy (non-hydrogen) atoms. The number of pyridine rings is 1. The number of aryl methyl sites for hydroxylation is 1. The van der Waals surface area contributed by atoms with Crippen molar-refractivity contribution in [1.29, 1.82) is 0 Å². The predicted octanol–water partition coefficient (Wildman–Crippen LogP) is 2.30. The number of hydrogen-bond acceptors (Lipinski definition) is 5. The summed E-state index contributed by atoms with van der Waals surface area (Å²) in [6, 6.07) is 3.61. The molecular formula is C11H10BrN3O3. The lowest BCUT2D eigenvalue weighted by molar-refractivity contribution is -0.137. The highest BCUT2D eigenvalue weighted by Gasteiger charge is 2.10. The fraction of sp³-hybridized carbons (Fsp3) is 0.273. The zero-order valence-corrected chi connectivity index (χ0v) is 10.9. The van der Waals surface area contributed by atoms with Gasteiger partial charge in [-0.05, 0) is 34.5 Å². The van der Waals surface area contributed by atoms with Gasteiger partial charge in [-0.2, -0.15) is 4.98 Å². The van der Waals surface area contributed by atoms with Crippen molar-refractivity contribution in [1.82, 2.24) is 15.1 Å². The van der Waals surface area contributed by atoms with E-state index in [1.54, 1.807) is 12.3 Å². The third-order valence-electron chi connectivity index (χ3n) is 2.21. The maximum atomic E-state index is 10.4. The number of nitrogens with zero attached hydrogens (tertiary/aromatic N) is 3. The van der Waals surface area contributed by atoms with E-state index in [4.69, 9.17) is 9.63 Å². The van der Waals surface area contributed by atoms with Gasteiger partial charge in [0.1, 0.15) is 5.69 Å². The Bertz CT molecular complexity index is 539. The molecule has 2 heterocycles. The molecule has 0 aliphatic heterocycles. The fourth-order valence-electron chi connectivity index (χ4n) is 1.36. The predicted molar refractivity (Wildman–Crippen MR) is 65.8 cm³/mol. The molecule has 0 amide bonds. The lowest BCUT2D eigenvalue weighted by Crippen LogP contribution is -1.96. The first-order valence-electron chi connectivity index (χ1n) is 5.31. The third kappa shape index (κ3) is 3.36. The number of rotatable bonds is 5. The molecule has 2 aromatic rings. The van der Waals surface area contributed by atoms with Crippen LogP contribution >= 0.6 is 15.9 Å². The molecule has 0 radical (unpaired) electrons. The van der Waals surface area contributed by atoms with Crippen LogP contribution in [0.1, 0.15) is 18.7 Å². The van der Waals surface area contributed by atoms with Crippen LogP contribution in [0, 0.1) is 0 Å². The van der Waals surface area contributed by atoms with Crippen molar-refractivity contribution in [2.45, 2.75) is 19.3 Å². The Morgan fingerprint density at radius 3 is 2.94 bits per heavy atom. The standard InChI is InChI=1S/C11H10BrN3O3/c12-7-4-5-8(13-6-7)11-14-9(18-15-11)2-1-3-10(16)17/h4-6H,1-3H2,(H,16,17). The molecule has 0 bridgehead atoms. The van der Waals surface area contributed by atoms with Crippen LogP contribution in [0.25, 0.3) is 11.5 Å². The van der Waals surface area contributed by atoms with Crippen molar-refractivity contribution < 1.29 is 14.4 Å². The van der Waals surface area contributed by atoms with E-state index < -0.39 is 5.97 Å². The molecule has 2 aromatic heterocycles. The van der Waals surface area contributed by atoms with Gasteiger partial charge < -0.3 is 9.63 Å². The van der Waals surface area contributed by atoms with E-state index in [-0.39, 0.29) is 6.42 Å². The minimum Gasteiger partial charge on any atom is -0.481 e. The van der Waals surface area contributed by atoms with Crippen LogP contribution in [-0.2, 0) is 11.2 Å². The van der Waals surface area contributed by atoms with E-state index >= 15 is 0 Å². The summed E-state index contributed by atoms with van der Waals surface area (Å²) in [4.78, 5) is 18.7. The van der Waals surface area contributed by atoms with Crippen LogP contribution in [0.15, 0.2) is 27.3 Å². The van der Waals surface area contributed by atoms with E-state index in [2.05, 4.69) is 31.1 Å². The van der Waals surface area contributed by atoms with E-state index in [1.165, 1.54) is 0 Å². The second kappa shape index (κ2) is 5.72. The molecule has 0 spiro atoms. The Labute approximate surface area is 111 Å². The first-order valence-corrected chi connectivity index (χ1v) is 6.11. The van der Waals surface area contributed by atoms with Gasteiger partial charge in [0, 0.05) is 23.5 Å². The smallest absolute Gasteiger partial charge is 0.303 e. The zero-order valence-electron chi connectivity index (χ0n) is 9.34. The average molecular weight is 312 g/mol. The molecule has 7 heteroatoms. The summed E-state index contributed by atoms with van der Waals surface area (Å²) in [5.41, 5.74) is 0.617. The quantitative estimate of drug-likeness (QED) is 0.911. The average Bonchev–Trinajstić information content (AvgIpc) is 2.78. The summed E-state index contributed by atoms with van der Waals surface area (Å²) in [5, 5.41) is 12.3. The molecule has 0 unspecified atom stereocenters. The number of carbonyl (C=O) groups is 1. The summed E-state index contributed by atoms with van der Waals surface area (Å²) in [6.07, 6.45) is 2.67. The zero-order chi connectivity index (χ0) is 13.0. The van der Waals surface area contributed by atoms with E-state index in [0.29, 0.717) is 30.3 Å². The summed E-state index contributed by atoms with van der Waals surface area (Å²) >= 11 is 3.29. The second-order valence-electron chi connectivity index (χ2n) is 3.62. The maximum absolute atomic E-state index is 10.4. The van der Waals surface area contributed by atoms with Crippen LogP contribution < -0.4 is 0 Å². The van der Waals surface area contributed by atoms with E-state index in [9.17, 15) is 4.79 Å². The Morgan fingerprint density at radius 1 is 1.44 bits per heavy atom. The number of carboxylic acid groups (broad SMARTS) is 1. The van der Waals surface area contributed by atoms with Gasteiger partial charge in [0.15, 0.2) is 0 Å². The maximum Gasteiger partial charge on any atom is 0.303 e. The van der Waals surface area contributed by atoms with Gasteiger partial charge in [-0.3, -0.25) is 9.78 Å². The Hall–Kier alpha value is -1.76. The number of aromatic nitrogens is 3. The molecule has 0 aromatic carbocycles. The monoisotopic (exact) mass is 311 g/mol. The molecule has 0 saturated heterocycles. The van der Waals surface area contributed by atoms with E-state index in [1.807, 2.05) is 6.07 Å². The second-order valence-corrected chi connectivity index (χ2v) is 4.54. The third-order valence-corrected chi connectivity index (χ3v) is 2.67. The Morgan fingerprint density at radius 2 is 2.28 bits per heavy atom. The molecule has 0 atom stereocenters. The minimum absolute atomic E-state index is 0.0915. The fourth-order valence-corrected chi connectivity index (χ4v) is 1.59. The van der Waals surface area contributed by atoms with Crippen LogP contribution in [-0.4, -0.2) is 26.2 Å². The van der Waals surface area contributed by atoms with Crippen molar-refractivity contribution in [3.8, 4) is 11.5 Å². The van der Waals surface area contributed by atoms with E-state index in [0.717, 1.165) is 4.47 Å². The summed E-state index contributed by atoms with van der Waals surface area (Å²) in [7, 11) is 0. The lowest BCUT2D eigenvalue weighted by atomic mass is 10.2. The number of hydrogen-bond donors (Lipinski definition) is 1. The van der Waals surface area contributed by atoms with Crippen LogP contribution in [0.5, 0.6) is 0 Å². The highest BCUT2D eigenvalue weighted by Crippen LogP contribution is 2.16. The number of halogens is 1. The SMILES string of the molecule is O=C(O)CCCc1nc(-c2ccc(Br)cn2)no1. The molecule has 0 aliphatic rings. The molecule has 6 nitrogen and oxygen atoms in total. The molecule has 1 N–H and O–H groups in total. The molecule has 0 saturated carbocycles.